The summed E-state index contributed by atoms with van der Waals surface area (Å²) in [4.78, 5) is 5.76. The van der Waals surface area contributed by atoms with E-state index in [0.29, 0.717) is 0 Å². The molecule has 3 heterocycles. The van der Waals surface area contributed by atoms with Gasteiger partial charge in [-0.25, -0.2) is 0 Å². The number of fused-ring (bicyclic) bond motifs is 1. The monoisotopic (exact) mass is 353 g/mol. The van der Waals surface area contributed by atoms with E-state index in [2.05, 4.69) is 49.2 Å². The highest BCUT2D eigenvalue weighted by molar-refractivity contribution is 9.10. The molecule has 1 unspecified atom stereocenters. The van der Waals surface area contributed by atoms with Crippen LogP contribution in [0.4, 0.5) is 0 Å². The smallest absolute Gasteiger partial charge is 0.0809 e. The first-order valence-electron chi connectivity index (χ1n) is 5.78. The number of pyridine rings is 1. The summed E-state index contributed by atoms with van der Waals surface area (Å²) >= 11 is 6.91. The van der Waals surface area contributed by atoms with Crippen molar-refractivity contribution in [3.8, 4) is 0 Å². The Bertz CT molecular complexity index is 692. The molecule has 0 saturated carbocycles. The van der Waals surface area contributed by atoms with Gasteiger partial charge in [-0.15, -0.1) is 22.7 Å². The quantitative estimate of drug-likeness (QED) is 0.552. The third-order valence-corrected chi connectivity index (χ3v) is 5.53. The lowest BCUT2D eigenvalue weighted by Gasteiger charge is -2.15. The predicted octanol–water partition coefficient (Wildman–Crippen LogP) is 3.87. The van der Waals surface area contributed by atoms with Crippen molar-refractivity contribution in [2.24, 2.45) is 5.84 Å². The van der Waals surface area contributed by atoms with Crippen LogP contribution in [0.15, 0.2) is 39.6 Å². The first-order chi connectivity index (χ1) is 9.26. The van der Waals surface area contributed by atoms with E-state index < -0.39 is 0 Å². The molecule has 3 rings (SSSR count). The topological polar surface area (TPSA) is 50.9 Å². The number of thiophene rings is 2. The van der Waals surface area contributed by atoms with Gasteiger partial charge < -0.3 is 0 Å². The van der Waals surface area contributed by atoms with Crippen LogP contribution in [0.3, 0.4) is 0 Å². The SMILES string of the molecule is NNC(Cc1cc(Br)cs1)c1cnc2ccsc2c1. The van der Waals surface area contributed by atoms with Crippen molar-refractivity contribution >= 4 is 48.8 Å². The molecule has 0 aliphatic rings. The van der Waals surface area contributed by atoms with Crippen LogP contribution < -0.4 is 11.3 Å². The molecule has 3 aromatic heterocycles. The molecule has 3 aromatic rings. The first-order valence-corrected chi connectivity index (χ1v) is 8.33. The molecular weight excluding hydrogens is 342 g/mol. The van der Waals surface area contributed by atoms with Crippen LogP contribution in [0.2, 0.25) is 0 Å². The number of nitrogens with zero attached hydrogens (tertiary/aromatic N) is 1. The van der Waals surface area contributed by atoms with Crippen LogP contribution >= 0.6 is 38.6 Å². The lowest BCUT2D eigenvalue weighted by Crippen LogP contribution is -2.29. The van der Waals surface area contributed by atoms with E-state index in [1.54, 1.807) is 22.7 Å². The minimum absolute atomic E-state index is 0.0875. The molecule has 1 atom stereocenters. The maximum absolute atomic E-state index is 5.70. The zero-order valence-electron chi connectivity index (χ0n) is 9.97. The van der Waals surface area contributed by atoms with Gasteiger partial charge in [-0.1, -0.05) is 0 Å². The Labute approximate surface area is 127 Å². The molecule has 3 N–H and O–H groups in total. The van der Waals surface area contributed by atoms with Gasteiger partial charge in [0.2, 0.25) is 0 Å². The van der Waals surface area contributed by atoms with Gasteiger partial charge in [0, 0.05) is 27.3 Å². The van der Waals surface area contributed by atoms with E-state index in [1.807, 2.05) is 12.3 Å². The zero-order valence-corrected chi connectivity index (χ0v) is 13.2. The van der Waals surface area contributed by atoms with Crippen molar-refractivity contribution in [3.05, 3.63) is 50.1 Å². The minimum atomic E-state index is 0.0875. The molecule has 0 amide bonds. The third-order valence-electron chi connectivity index (χ3n) is 2.95. The maximum atomic E-state index is 5.70. The standard InChI is InChI=1S/C13H12BrN3S2/c14-9-4-10(19-7-9)5-12(17-15)8-3-13-11(16-6-8)1-2-18-13/h1-4,6-7,12,17H,5,15H2. The van der Waals surface area contributed by atoms with Gasteiger partial charge in [0.25, 0.3) is 0 Å². The molecule has 0 fully saturated rings. The van der Waals surface area contributed by atoms with E-state index in [0.717, 1.165) is 22.0 Å². The van der Waals surface area contributed by atoms with Gasteiger partial charge in [-0.3, -0.25) is 16.3 Å². The molecule has 0 saturated heterocycles. The van der Waals surface area contributed by atoms with E-state index >= 15 is 0 Å². The van der Waals surface area contributed by atoms with Crippen LogP contribution in [-0.4, -0.2) is 4.98 Å². The van der Waals surface area contributed by atoms with E-state index in [4.69, 9.17) is 5.84 Å². The predicted molar refractivity (Wildman–Crippen MR) is 85.4 cm³/mol. The minimum Gasteiger partial charge on any atom is -0.271 e. The Balaban J connectivity index is 1.88. The largest absolute Gasteiger partial charge is 0.271 e. The number of halogens is 1. The Hall–Kier alpha value is -0.790. The van der Waals surface area contributed by atoms with Crippen molar-refractivity contribution in [3.63, 3.8) is 0 Å². The summed E-state index contributed by atoms with van der Waals surface area (Å²) in [5.74, 6) is 5.70. The number of rotatable bonds is 4. The van der Waals surface area contributed by atoms with Crippen molar-refractivity contribution in [1.29, 1.82) is 0 Å². The fourth-order valence-electron chi connectivity index (χ4n) is 1.99. The van der Waals surface area contributed by atoms with Gasteiger partial charge in [0.05, 0.1) is 16.3 Å². The highest BCUT2D eigenvalue weighted by Gasteiger charge is 2.13. The normalized spacial score (nSPS) is 12.9. The first kappa shape index (κ1) is 13.2. The fraction of sp³-hybridized carbons (Fsp3) is 0.154. The van der Waals surface area contributed by atoms with Crippen LogP contribution in [0, 0.1) is 0 Å². The molecule has 0 radical (unpaired) electrons. The maximum Gasteiger partial charge on any atom is 0.0809 e. The van der Waals surface area contributed by atoms with Crippen molar-refractivity contribution in [2.75, 3.05) is 0 Å². The molecule has 0 aliphatic carbocycles. The molecule has 19 heavy (non-hydrogen) atoms. The summed E-state index contributed by atoms with van der Waals surface area (Å²) in [5.41, 5.74) is 5.06. The molecule has 0 bridgehead atoms. The lowest BCUT2D eigenvalue weighted by atomic mass is 10.1. The van der Waals surface area contributed by atoms with Gasteiger partial charge in [-0.2, -0.15) is 0 Å². The number of hydrazine groups is 1. The Kier molecular flexibility index (Phi) is 3.95. The average molecular weight is 354 g/mol. The zero-order chi connectivity index (χ0) is 13.2. The van der Waals surface area contributed by atoms with Gasteiger partial charge in [0.1, 0.15) is 0 Å². The highest BCUT2D eigenvalue weighted by atomic mass is 79.9. The summed E-state index contributed by atoms with van der Waals surface area (Å²) in [5, 5.41) is 4.15. The Morgan fingerprint density at radius 1 is 1.37 bits per heavy atom. The van der Waals surface area contributed by atoms with Crippen molar-refractivity contribution < 1.29 is 0 Å². The molecule has 0 aliphatic heterocycles. The van der Waals surface area contributed by atoms with Crippen LogP contribution in [-0.2, 0) is 6.42 Å². The van der Waals surface area contributed by atoms with Crippen LogP contribution in [0.5, 0.6) is 0 Å². The lowest BCUT2D eigenvalue weighted by molar-refractivity contribution is 0.555. The van der Waals surface area contributed by atoms with Gasteiger partial charge >= 0.3 is 0 Å². The average Bonchev–Trinajstić information content (AvgIpc) is 3.03. The molecular formula is C13H12BrN3S2. The van der Waals surface area contributed by atoms with Crippen LogP contribution in [0.1, 0.15) is 16.5 Å². The van der Waals surface area contributed by atoms with E-state index in [9.17, 15) is 0 Å². The molecule has 0 spiro atoms. The van der Waals surface area contributed by atoms with E-state index in [1.165, 1.54) is 9.58 Å². The molecule has 98 valence electrons. The number of nitrogens with one attached hydrogen (secondary N) is 1. The Morgan fingerprint density at radius 2 is 2.26 bits per heavy atom. The Morgan fingerprint density at radius 3 is 3.00 bits per heavy atom. The second-order valence-electron chi connectivity index (χ2n) is 4.23. The van der Waals surface area contributed by atoms with Crippen molar-refractivity contribution in [1.82, 2.24) is 10.4 Å². The fourth-order valence-corrected chi connectivity index (χ4v) is 4.27. The number of aromatic nitrogens is 1. The summed E-state index contributed by atoms with van der Waals surface area (Å²) in [6.45, 7) is 0. The summed E-state index contributed by atoms with van der Waals surface area (Å²) < 4.78 is 2.32. The highest BCUT2D eigenvalue weighted by Crippen LogP contribution is 2.27. The van der Waals surface area contributed by atoms with Gasteiger partial charge in [-0.05, 0) is 45.1 Å². The van der Waals surface area contributed by atoms with Crippen LogP contribution in [0.25, 0.3) is 10.2 Å². The summed E-state index contributed by atoms with van der Waals surface area (Å²) in [6.07, 6.45) is 2.77. The second kappa shape index (κ2) is 5.68. The van der Waals surface area contributed by atoms with Gasteiger partial charge in [0.15, 0.2) is 0 Å². The third kappa shape index (κ3) is 2.88. The number of hydrogen-bond acceptors (Lipinski definition) is 5. The number of nitrogens with two attached hydrogens (primary N) is 1. The molecule has 0 aromatic carbocycles. The summed E-state index contributed by atoms with van der Waals surface area (Å²) in [6, 6.07) is 6.42. The molecule has 6 heteroatoms. The van der Waals surface area contributed by atoms with E-state index in [-0.39, 0.29) is 6.04 Å². The summed E-state index contributed by atoms with van der Waals surface area (Å²) in [7, 11) is 0. The number of hydrogen-bond donors (Lipinski definition) is 2. The van der Waals surface area contributed by atoms with Crippen molar-refractivity contribution in [2.45, 2.75) is 12.5 Å². The molecule has 3 nitrogen and oxygen atoms in total. The second-order valence-corrected chi connectivity index (χ2v) is 7.09.